The second-order valence-electron chi connectivity index (χ2n) is 5.92. The number of nitrogens with zero attached hydrogens (tertiary/aromatic N) is 1. The van der Waals surface area contributed by atoms with Gasteiger partial charge in [0.05, 0.1) is 14.2 Å². The molecule has 1 saturated heterocycles. The molecule has 1 aliphatic rings. The molecule has 0 unspecified atom stereocenters. The predicted molar refractivity (Wildman–Crippen MR) is 89.2 cm³/mol. The normalized spacial score (nSPS) is 20.8. The zero-order chi connectivity index (χ0) is 17.5. The van der Waals surface area contributed by atoms with Gasteiger partial charge in [-0.05, 0) is 6.07 Å². The zero-order valence-electron chi connectivity index (χ0n) is 14.4. The number of amides is 1. The van der Waals surface area contributed by atoms with Gasteiger partial charge in [-0.3, -0.25) is 9.69 Å². The minimum Gasteiger partial charge on any atom is -0.497 e. The van der Waals surface area contributed by atoms with Gasteiger partial charge < -0.3 is 24.6 Å². The van der Waals surface area contributed by atoms with Crippen LogP contribution in [0.1, 0.15) is 5.56 Å². The summed E-state index contributed by atoms with van der Waals surface area (Å²) in [6.07, 6.45) is 0. The molecular formula is C17H26N2O5. The number of carbonyl (C=O) groups excluding carboxylic acids is 1. The highest BCUT2D eigenvalue weighted by molar-refractivity contribution is 5.77. The fourth-order valence-electron chi connectivity index (χ4n) is 3.04. The van der Waals surface area contributed by atoms with E-state index in [-0.39, 0.29) is 31.1 Å². The van der Waals surface area contributed by atoms with Crippen LogP contribution in [0.25, 0.3) is 0 Å². The third-order valence-electron chi connectivity index (χ3n) is 4.26. The number of aliphatic hydroxyl groups excluding tert-OH is 1. The number of likely N-dealkylation sites (tertiary alicyclic amines) is 1. The molecule has 1 fully saturated rings. The smallest absolute Gasteiger partial charge is 0.246 e. The first kappa shape index (κ1) is 18.5. The van der Waals surface area contributed by atoms with E-state index in [4.69, 9.17) is 14.2 Å². The Morgan fingerprint density at radius 3 is 2.71 bits per heavy atom. The Morgan fingerprint density at radius 2 is 2.08 bits per heavy atom. The van der Waals surface area contributed by atoms with Crippen LogP contribution in [-0.2, 0) is 16.1 Å². The van der Waals surface area contributed by atoms with Crippen LogP contribution in [-0.4, -0.2) is 69.6 Å². The minimum atomic E-state index is -0.162. The third kappa shape index (κ3) is 4.59. The molecule has 2 N–H and O–H groups in total. The van der Waals surface area contributed by atoms with Crippen molar-refractivity contribution in [3.05, 3.63) is 23.8 Å². The summed E-state index contributed by atoms with van der Waals surface area (Å²) in [7, 11) is 4.74. The van der Waals surface area contributed by atoms with Crippen molar-refractivity contribution in [2.45, 2.75) is 12.6 Å². The third-order valence-corrected chi connectivity index (χ3v) is 4.26. The predicted octanol–water partition coefficient (Wildman–Crippen LogP) is 0.259. The lowest BCUT2D eigenvalue weighted by atomic mass is 10.1. The Labute approximate surface area is 142 Å². The SMILES string of the molecule is COCC(=O)N[C@@H]1CN(Cc2ccc(OC)cc2OC)C[C@H]1CO. The standard InChI is InChI=1S/C17H26N2O5/c1-22-11-17(21)18-15-9-19(8-13(15)10-20)7-12-4-5-14(23-2)6-16(12)24-3/h4-6,13,15,20H,7-11H2,1-3H3,(H,18,21)/t13-,15+/m0/s1. The number of carbonyl (C=O) groups is 1. The summed E-state index contributed by atoms with van der Waals surface area (Å²) in [4.78, 5) is 13.9. The summed E-state index contributed by atoms with van der Waals surface area (Å²) in [6.45, 7) is 2.13. The Kier molecular flexibility index (Phi) is 6.84. The maximum Gasteiger partial charge on any atom is 0.246 e. The Morgan fingerprint density at radius 1 is 1.29 bits per heavy atom. The van der Waals surface area contributed by atoms with Crippen molar-refractivity contribution in [2.24, 2.45) is 5.92 Å². The average molecular weight is 338 g/mol. The van der Waals surface area contributed by atoms with Crippen LogP contribution < -0.4 is 14.8 Å². The van der Waals surface area contributed by atoms with Crippen LogP contribution in [0.4, 0.5) is 0 Å². The van der Waals surface area contributed by atoms with Crippen molar-refractivity contribution in [1.82, 2.24) is 10.2 Å². The highest BCUT2D eigenvalue weighted by Crippen LogP contribution is 2.27. The molecule has 2 atom stereocenters. The van der Waals surface area contributed by atoms with Crippen molar-refractivity contribution >= 4 is 5.91 Å². The van der Waals surface area contributed by atoms with Gasteiger partial charge in [-0.2, -0.15) is 0 Å². The van der Waals surface area contributed by atoms with E-state index < -0.39 is 0 Å². The van der Waals surface area contributed by atoms with Gasteiger partial charge in [0.25, 0.3) is 0 Å². The summed E-state index contributed by atoms with van der Waals surface area (Å²) >= 11 is 0. The molecule has 0 radical (unpaired) electrons. The summed E-state index contributed by atoms with van der Waals surface area (Å²) < 4.78 is 15.5. The number of aliphatic hydroxyl groups is 1. The second kappa shape index (κ2) is 8.86. The van der Waals surface area contributed by atoms with E-state index in [0.717, 1.165) is 17.1 Å². The van der Waals surface area contributed by atoms with Gasteiger partial charge in [0.1, 0.15) is 18.1 Å². The van der Waals surface area contributed by atoms with Gasteiger partial charge in [0, 0.05) is 56.9 Å². The van der Waals surface area contributed by atoms with Gasteiger partial charge in [-0.25, -0.2) is 0 Å². The first-order valence-corrected chi connectivity index (χ1v) is 7.93. The first-order chi connectivity index (χ1) is 11.6. The molecule has 0 spiro atoms. The van der Waals surface area contributed by atoms with E-state index in [2.05, 4.69) is 10.2 Å². The van der Waals surface area contributed by atoms with Gasteiger partial charge in [0.15, 0.2) is 0 Å². The topological polar surface area (TPSA) is 80.3 Å². The van der Waals surface area contributed by atoms with Crippen LogP contribution in [0.3, 0.4) is 0 Å². The fraction of sp³-hybridized carbons (Fsp3) is 0.588. The molecule has 1 aliphatic heterocycles. The molecule has 2 rings (SSSR count). The molecule has 1 heterocycles. The summed E-state index contributed by atoms with van der Waals surface area (Å²) in [5, 5.41) is 12.5. The minimum absolute atomic E-state index is 0.00930. The van der Waals surface area contributed by atoms with E-state index >= 15 is 0 Å². The molecule has 0 bridgehead atoms. The highest BCUT2D eigenvalue weighted by Gasteiger charge is 2.33. The van der Waals surface area contributed by atoms with Crippen LogP contribution in [0.5, 0.6) is 11.5 Å². The van der Waals surface area contributed by atoms with Crippen LogP contribution in [0.2, 0.25) is 0 Å². The number of ether oxygens (including phenoxy) is 3. The molecule has 0 aromatic heterocycles. The van der Waals surface area contributed by atoms with Crippen LogP contribution in [0, 0.1) is 5.92 Å². The van der Waals surface area contributed by atoms with Crippen LogP contribution in [0.15, 0.2) is 18.2 Å². The Bertz CT molecular complexity index is 552. The van der Waals surface area contributed by atoms with E-state index in [1.54, 1.807) is 14.2 Å². The molecule has 7 heteroatoms. The fourth-order valence-corrected chi connectivity index (χ4v) is 3.04. The lowest BCUT2D eigenvalue weighted by Gasteiger charge is -2.19. The van der Waals surface area contributed by atoms with E-state index in [9.17, 15) is 9.90 Å². The lowest BCUT2D eigenvalue weighted by molar-refractivity contribution is -0.125. The molecule has 1 aromatic carbocycles. The monoisotopic (exact) mass is 338 g/mol. The molecular weight excluding hydrogens is 312 g/mol. The maximum absolute atomic E-state index is 11.7. The molecule has 1 amide bonds. The van der Waals surface area contributed by atoms with Crippen molar-refractivity contribution < 1.29 is 24.1 Å². The largest absolute Gasteiger partial charge is 0.497 e. The molecule has 7 nitrogen and oxygen atoms in total. The number of nitrogens with one attached hydrogen (secondary N) is 1. The van der Waals surface area contributed by atoms with Crippen molar-refractivity contribution in [3.63, 3.8) is 0 Å². The van der Waals surface area contributed by atoms with E-state index in [0.29, 0.717) is 19.6 Å². The molecule has 24 heavy (non-hydrogen) atoms. The Hall–Kier alpha value is -1.83. The second-order valence-corrected chi connectivity index (χ2v) is 5.92. The molecule has 1 aromatic rings. The number of rotatable bonds is 8. The van der Waals surface area contributed by atoms with E-state index in [1.807, 2.05) is 18.2 Å². The van der Waals surface area contributed by atoms with E-state index in [1.165, 1.54) is 7.11 Å². The molecule has 0 aliphatic carbocycles. The maximum atomic E-state index is 11.7. The van der Waals surface area contributed by atoms with Crippen molar-refractivity contribution in [1.29, 1.82) is 0 Å². The van der Waals surface area contributed by atoms with Crippen LogP contribution >= 0.6 is 0 Å². The summed E-state index contributed by atoms with van der Waals surface area (Å²) in [6, 6.07) is 5.65. The number of methoxy groups -OCH3 is 3. The van der Waals surface area contributed by atoms with Crippen molar-refractivity contribution in [3.8, 4) is 11.5 Å². The highest BCUT2D eigenvalue weighted by atomic mass is 16.5. The van der Waals surface area contributed by atoms with Gasteiger partial charge in [0.2, 0.25) is 5.91 Å². The number of hydrogen-bond acceptors (Lipinski definition) is 6. The Balaban J connectivity index is 2.02. The number of hydrogen-bond donors (Lipinski definition) is 2. The lowest BCUT2D eigenvalue weighted by Crippen LogP contribution is -2.43. The quantitative estimate of drug-likeness (QED) is 0.708. The average Bonchev–Trinajstić information content (AvgIpc) is 2.96. The molecule has 0 saturated carbocycles. The van der Waals surface area contributed by atoms with Crippen molar-refractivity contribution in [2.75, 3.05) is 47.6 Å². The number of benzene rings is 1. The van der Waals surface area contributed by atoms with Gasteiger partial charge in [-0.1, -0.05) is 6.07 Å². The summed E-state index contributed by atoms with van der Waals surface area (Å²) in [5.74, 6) is 1.36. The first-order valence-electron chi connectivity index (χ1n) is 7.93. The zero-order valence-corrected chi connectivity index (χ0v) is 14.4. The van der Waals surface area contributed by atoms with Gasteiger partial charge >= 0.3 is 0 Å². The summed E-state index contributed by atoms with van der Waals surface area (Å²) in [5.41, 5.74) is 1.04. The molecule has 134 valence electrons. The van der Waals surface area contributed by atoms with Gasteiger partial charge in [-0.15, -0.1) is 0 Å².